The van der Waals surface area contributed by atoms with Crippen LogP contribution in [0.1, 0.15) is 44.5 Å². The molecular weight excluding hydrogens is 286 g/mol. The smallest absolute Gasteiger partial charge is 0.160 e. The Morgan fingerprint density at radius 1 is 1.09 bits per heavy atom. The van der Waals surface area contributed by atoms with Crippen molar-refractivity contribution in [2.45, 2.75) is 38.6 Å². The molecule has 124 valence electrons. The van der Waals surface area contributed by atoms with Gasteiger partial charge in [-0.15, -0.1) is 0 Å². The lowest BCUT2D eigenvalue weighted by molar-refractivity contribution is 0.336. The number of hydrogen-bond donors (Lipinski definition) is 0. The third kappa shape index (κ3) is 2.66. The average Bonchev–Trinajstić information content (AvgIpc) is 3.30. The van der Waals surface area contributed by atoms with Gasteiger partial charge < -0.3 is 14.4 Å². The largest absolute Gasteiger partial charge is 0.308 e. The first-order valence-electron chi connectivity index (χ1n) is 9.07. The van der Waals surface area contributed by atoms with Crippen LogP contribution < -0.4 is 0 Å². The van der Waals surface area contributed by atoms with E-state index < -0.39 is 0 Å². The molecule has 0 amide bonds. The van der Waals surface area contributed by atoms with Gasteiger partial charge >= 0.3 is 0 Å². The van der Waals surface area contributed by atoms with Crippen LogP contribution in [0.3, 0.4) is 0 Å². The highest BCUT2D eigenvalue weighted by molar-refractivity contribution is 5.71. The highest BCUT2D eigenvalue weighted by Gasteiger charge is 2.32. The van der Waals surface area contributed by atoms with Crippen LogP contribution in [0.2, 0.25) is 0 Å². The van der Waals surface area contributed by atoms with Crippen LogP contribution >= 0.6 is 0 Å². The Bertz CT molecular complexity index is 679. The van der Waals surface area contributed by atoms with Crippen LogP contribution in [-0.4, -0.2) is 63.6 Å². The first kappa shape index (κ1) is 15.1. The third-order valence-corrected chi connectivity index (χ3v) is 5.62. The van der Waals surface area contributed by atoms with Crippen LogP contribution in [-0.2, 0) is 0 Å². The van der Waals surface area contributed by atoms with Crippen molar-refractivity contribution in [1.82, 2.24) is 24.3 Å². The van der Waals surface area contributed by atoms with Gasteiger partial charge in [-0.1, -0.05) is 13.8 Å². The second-order valence-electron chi connectivity index (χ2n) is 6.90. The molecule has 2 aromatic heterocycles. The van der Waals surface area contributed by atoms with E-state index in [0.29, 0.717) is 12.0 Å². The van der Waals surface area contributed by atoms with Gasteiger partial charge in [-0.3, -0.25) is 0 Å². The van der Waals surface area contributed by atoms with Gasteiger partial charge in [0, 0.05) is 31.7 Å². The number of fused-ring (bicyclic) bond motifs is 1. The van der Waals surface area contributed by atoms with Crippen molar-refractivity contribution >= 4 is 11.2 Å². The number of pyridine rings is 1. The molecule has 2 aromatic rings. The monoisotopic (exact) mass is 313 g/mol. The summed E-state index contributed by atoms with van der Waals surface area (Å²) in [6, 6.07) is 4.64. The summed E-state index contributed by atoms with van der Waals surface area (Å²) in [6.07, 6.45) is 4.35. The standard InChI is InChI=1S/C18H27N5/c1-3-21-10-7-14(12-21)17-20-16-6-5-9-19-18(16)23(17)15-8-11-22(4-2)13-15/h5-6,9,14-15H,3-4,7-8,10-13H2,1-2H3. The molecule has 2 aliphatic heterocycles. The lowest BCUT2D eigenvalue weighted by Crippen LogP contribution is -2.23. The van der Waals surface area contributed by atoms with Crippen LogP contribution in [0.25, 0.3) is 11.2 Å². The lowest BCUT2D eigenvalue weighted by atomic mass is 10.1. The average molecular weight is 313 g/mol. The third-order valence-electron chi connectivity index (χ3n) is 5.62. The molecule has 0 N–H and O–H groups in total. The van der Waals surface area contributed by atoms with E-state index >= 15 is 0 Å². The Morgan fingerprint density at radius 2 is 1.87 bits per heavy atom. The van der Waals surface area contributed by atoms with Crippen molar-refractivity contribution in [2.24, 2.45) is 0 Å². The molecule has 0 aromatic carbocycles. The van der Waals surface area contributed by atoms with Gasteiger partial charge in [0.25, 0.3) is 0 Å². The van der Waals surface area contributed by atoms with Crippen molar-refractivity contribution in [3.63, 3.8) is 0 Å². The van der Waals surface area contributed by atoms with E-state index in [9.17, 15) is 0 Å². The maximum absolute atomic E-state index is 5.01. The Kier molecular flexibility index (Phi) is 4.07. The number of aromatic nitrogens is 3. The van der Waals surface area contributed by atoms with Crippen molar-refractivity contribution < 1.29 is 0 Å². The number of imidazole rings is 1. The van der Waals surface area contributed by atoms with Crippen molar-refractivity contribution in [3.05, 3.63) is 24.2 Å². The van der Waals surface area contributed by atoms with E-state index in [1.807, 2.05) is 12.3 Å². The van der Waals surface area contributed by atoms with E-state index in [1.165, 1.54) is 31.8 Å². The minimum absolute atomic E-state index is 0.528. The molecule has 4 heterocycles. The molecule has 2 atom stereocenters. The predicted molar refractivity (Wildman–Crippen MR) is 92.8 cm³/mol. The first-order chi connectivity index (χ1) is 11.3. The molecule has 0 radical (unpaired) electrons. The van der Waals surface area contributed by atoms with Crippen molar-refractivity contribution in [3.8, 4) is 0 Å². The molecule has 0 bridgehead atoms. The minimum Gasteiger partial charge on any atom is -0.308 e. The summed E-state index contributed by atoms with van der Waals surface area (Å²) >= 11 is 0. The van der Waals surface area contributed by atoms with Crippen LogP contribution in [0.15, 0.2) is 18.3 Å². The summed E-state index contributed by atoms with van der Waals surface area (Å²) < 4.78 is 2.48. The topological polar surface area (TPSA) is 37.2 Å². The number of likely N-dealkylation sites (N-methyl/N-ethyl adjacent to an activating group) is 2. The SMILES string of the molecule is CCN1CCC(c2nc3cccnc3n2C2CCN(CC)C2)C1. The first-order valence-corrected chi connectivity index (χ1v) is 9.07. The Morgan fingerprint density at radius 3 is 2.61 bits per heavy atom. The van der Waals surface area contributed by atoms with Gasteiger partial charge in [-0.25, -0.2) is 9.97 Å². The summed E-state index contributed by atoms with van der Waals surface area (Å²) in [5.74, 6) is 1.83. The van der Waals surface area contributed by atoms with E-state index in [0.717, 1.165) is 37.3 Å². The van der Waals surface area contributed by atoms with Gasteiger partial charge in [0.2, 0.25) is 0 Å². The molecule has 0 spiro atoms. The molecule has 2 unspecified atom stereocenters. The zero-order chi connectivity index (χ0) is 15.8. The normalized spacial score (nSPS) is 26.5. The number of likely N-dealkylation sites (tertiary alicyclic amines) is 2. The Labute approximate surface area is 138 Å². The molecular formula is C18H27N5. The zero-order valence-electron chi connectivity index (χ0n) is 14.3. The fraction of sp³-hybridized carbons (Fsp3) is 0.667. The highest BCUT2D eigenvalue weighted by atomic mass is 15.2. The molecule has 2 fully saturated rings. The summed E-state index contributed by atoms with van der Waals surface area (Å²) in [7, 11) is 0. The van der Waals surface area contributed by atoms with Crippen molar-refractivity contribution in [2.75, 3.05) is 39.3 Å². The maximum Gasteiger partial charge on any atom is 0.160 e. The molecule has 2 aliphatic rings. The van der Waals surface area contributed by atoms with Gasteiger partial charge in [-0.05, 0) is 44.6 Å². The Hall–Kier alpha value is -1.46. The number of hydrogen-bond acceptors (Lipinski definition) is 4. The highest BCUT2D eigenvalue weighted by Crippen LogP contribution is 2.33. The van der Waals surface area contributed by atoms with E-state index in [2.05, 4.69) is 39.3 Å². The van der Waals surface area contributed by atoms with Crippen LogP contribution in [0.5, 0.6) is 0 Å². The lowest BCUT2D eigenvalue weighted by Gasteiger charge is -2.20. The predicted octanol–water partition coefficient (Wildman–Crippen LogP) is 2.51. The quantitative estimate of drug-likeness (QED) is 0.869. The summed E-state index contributed by atoms with van der Waals surface area (Å²) in [6.45, 7) is 11.5. The minimum atomic E-state index is 0.528. The van der Waals surface area contributed by atoms with Gasteiger partial charge in [0.05, 0.1) is 6.04 Å². The summed E-state index contributed by atoms with van der Waals surface area (Å²) in [4.78, 5) is 14.8. The molecule has 4 rings (SSSR count). The van der Waals surface area contributed by atoms with Gasteiger partial charge in [-0.2, -0.15) is 0 Å². The van der Waals surface area contributed by atoms with E-state index in [1.54, 1.807) is 0 Å². The summed E-state index contributed by atoms with van der Waals surface area (Å²) in [5.41, 5.74) is 2.15. The zero-order valence-corrected chi connectivity index (χ0v) is 14.3. The molecule has 5 nitrogen and oxygen atoms in total. The Balaban J connectivity index is 1.73. The van der Waals surface area contributed by atoms with Crippen LogP contribution in [0, 0.1) is 0 Å². The molecule has 23 heavy (non-hydrogen) atoms. The van der Waals surface area contributed by atoms with Gasteiger partial charge in [0.15, 0.2) is 5.65 Å². The second kappa shape index (κ2) is 6.21. The van der Waals surface area contributed by atoms with Gasteiger partial charge in [0.1, 0.15) is 11.3 Å². The van der Waals surface area contributed by atoms with E-state index in [-0.39, 0.29) is 0 Å². The fourth-order valence-corrected chi connectivity index (χ4v) is 4.24. The maximum atomic E-state index is 5.01. The summed E-state index contributed by atoms with van der Waals surface area (Å²) in [5, 5.41) is 0. The molecule has 2 saturated heterocycles. The molecule has 0 aliphatic carbocycles. The number of rotatable bonds is 4. The fourth-order valence-electron chi connectivity index (χ4n) is 4.24. The molecule has 5 heteroatoms. The second-order valence-corrected chi connectivity index (χ2v) is 6.90. The van der Waals surface area contributed by atoms with E-state index in [4.69, 9.17) is 4.98 Å². The van der Waals surface area contributed by atoms with Crippen molar-refractivity contribution in [1.29, 1.82) is 0 Å². The number of nitrogens with zero attached hydrogens (tertiary/aromatic N) is 5. The molecule has 0 saturated carbocycles. The van der Waals surface area contributed by atoms with Crippen LogP contribution in [0.4, 0.5) is 0 Å².